The molecule has 0 aliphatic heterocycles. The summed E-state index contributed by atoms with van der Waals surface area (Å²) in [7, 11) is 1.54. The molecule has 108 valence electrons. The zero-order chi connectivity index (χ0) is 15.2. The minimum absolute atomic E-state index is 0.394. The number of rotatable bonds is 5. The van der Waals surface area contributed by atoms with E-state index < -0.39 is 0 Å². The Bertz CT molecular complexity index is 682. The molecule has 2 rings (SSSR count). The highest BCUT2D eigenvalue weighted by Gasteiger charge is 2.05. The first-order chi connectivity index (χ1) is 10.2. The zero-order valence-electron chi connectivity index (χ0n) is 11.4. The van der Waals surface area contributed by atoms with Crippen LogP contribution in [-0.2, 0) is 12.5 Å². The van der Waals surface area contributed by atoms with E-state index in [0.717, 1.165) is 21.3 Å². The Balaban J connectivity index is 2.11. The van der Waals surface area contributed by atoms with E-state index in [9.17, 15) is 0 Å². The molecule has 0 aliphatic carbocycles. The van der Waals surface area contributed by atoms with Crippen LogP contribution < -0.4 is 9.47 Å². The monoisotopic (exact) mass is 365 g/mol. The highest BCUT2D eigenvalue weighted by molar-refractivity contribution is 9.10. The van der Waals surface area contributed by atoms with E-state index in [1.54, 1.807) is 19.2 Å². The summed E-state index contributed by atoms with van der Waals surface area (Å²) in [5.41, 5.74) is 2.42. The molecule has 0 radical (unpaired) electrons. The van der Waals surface area contributed by atoms with E-state index in [1.807, 2.05) is 24.3 Å². The highest BCUT2D eigenvalue weighted by Crippen LogP contribution is 2.25. The molecule has 5 heteroatoms. The molecule has 21 heavy (non-hydrogen) atoms. The van der Waals surface area contributed by atoms with Crippen molar-refractivity contribution >= 4 is 27.5 Å². The van der Waals surface area contributed by atoms with Crippen molar-refractivity contribution in [2.24, 2.45) is 0 Å². The van der Waals surface area contributed by atoms with Crippen LogP contribution in [0.25, 0.3) is 0 Å². The van der Waals surface area contributed by atoms with Gasteiger partial charge in [0.25, 0.3) is 0 Å². The lowest BCUT2D eigenvalue weighted by Gasteiger charge is -2.10. The Morgan fingerprint density at radius 3 is 2.71 bits per heavy atom. The van der Waals surface area contributed by atoms with E-state index in [0.29, 0.717) is 23.8 Å². The van der Waals surface area contributed by atoms with Crippen molar-refractivity contribution in [1.29, 1.82) is 5.26 Å². The molecule has 0 saturated heterocycles. The minimum atomic E-state index is 0.394. The fourth-order valence-corrected chi connectivity index (χ4v) is 2.60. The Morgan fingerprint density at radius 1 is 1.24 bits per heavy atom. The maximum Gasteiger partial charge on any atom is 0.137 e. The van der Waals surface area contributed by atoms with Crippen LogP contribution in [0.2, 0.25) is 0 Å². The smallest absolute Gasteiger partial charge is 0.137 e. The number of nitrogens with zero attached hydrogens (tertiary/aromatic N) is 1. The van der Waals surface area contributed by atoms with Crippen LogP contribution in [0, 0.1) is 11.3 Å². The van der Waals surface area contributed by atoms with Crippen molar-refractivity contribution in [3.8, 4) is 17.6 Å². The maximum atomic E-state index is 8.95. The zero-order valence-corrected chi connectivity index (χ0v) is 13.7. The average molecular weight is 367 g/mol. The molecular formula is C16H13BrClNO2. The van der Waals surface area contributed by atoms with Crippen LogP contribution in [-0.4, -0.2) is 7.11 Å². The van der Waals surface area contributed by atoms with Gasteiger partial charge in [-0.3, -0.25) is 0 Å². The van der Waals surface area contributed by atoms with Crippen LogP contribution in [0.3, 0.4) is 0 Å². The van der Waals surface area contributed by atoms with Crippen molar-refractivity contribution in [2.75, 3.05) is 7.11 Å². The van der Waals surface area contributed by atoms with Crippen molar-refractivity contribution in [3.63, 3.8) is 0 Å². The summed E-state index contributed by atoms with van der Waals surface area (Å²) >= 11 is 9.30. The van der Waals surface area contributed by atoms with Crippen LogP contribution in [0.5, 0.6) is 11.5 Å². The predicted octanol–water partition coefficient (Wildman–Crippen LogP) is 4.65. The lowest BCUT2D eigenvalue weighted by Crippen LogP contribution is -1.98. The van der Waals surface area contributed by atoms with Gasteiger partial charge < -0.3 is 9.47 Å². The molecular weight excluding hydrogens is 354 g/mol. The van der Waals surface area contributed by atoms with E-state index >= 15 is 0 Å². The van der Waals surface area contributed by atoms with Crippen molar-refractivity contribution in [1.82, 2.24) is 0 Å². The third kappa shape index (κ3) is 3.90. The minimum Gasteiger partial charge on any atom is -0.495 e. The standard InChI is InChI=1S/C16H13BrClNO2/c1-20-16-6-11(2-3-12(16)9-19)10-21-14-4-5-15(17)13(7-14)8-18/h2-7H,8,10H2,1H3. The number of ether oxygens (including phenoxy) is 2. The molecule has 2 aromatic carbocycles. The lowest BCUT2D eigenvalue weighted by atomic mass is 10.1. The first kappa shape index (κ1) is 15.7. The third-order valence-electron chi connectivity index (χ3n) is 2.95. The molecule has 3 nitrogen and oxygen atoms in total. The third-order valence-corrected chi connectivity index (χ3v) is 4.01. The molecule has 0 atom stereocenters. The van der Waals surface area contributed by atoms with Crippen molar-refractivity contribution in [2.45, 2.75) is 12.5 Å². The summed E-state index contributed by atoms with van der Waals surface area (Å²) in [6.45, 7) is 0.394. The normalized spacial score (nSPS) is 10.0. The first-order valence-corrected chi connectivity index (χ1v) is 7.55. The molecule has 0 saturated carbocycles. The van der Waals surface area contributed by atoms with Crippen molar-refractivity contribution < 1.29 is 9.47 Å². The summed E-state index contributed by atoms with van der Waals surface area (Å²) in [5.74, 6) is 1.72. The lowest BCUT2D eigenvalue weighted by molar-refractivity contribution is 0.305. The van der Waals surface area contributed by atoms with Gasteiger partial charge in [0.15, 0.2) is 0 Å². The topological polar surface area (TPSA) is 42.2 Å². The van der Waals surface area contributed by atoms with Gasteiger partial charge in [0.05, 0.1) is 12.7 Å². The Morgan fingerprint density at radius 2 is 2.05 bits per heavy atom. The number of nitriles is 1. The number of methoxy groups -OCH3 is 1. The van der Waals surface area contributed by atoms with Gasteiger partial charge in [0, 0.05) is 10.4 Å². The average Bonchev–Trinajstić information content (AvgIpc) is 2.53. The Kier molecular flexibility index (Phi) is 5.49. The highest BCUT2D eigenvalue weighted by atomic mass is 79.9. The summed E-state index contributed by atoms with van der Waals surface area (Å²) in [6, 6.07) is 13.1. The summed E-state index contributed by atoms with van der Waals surface area (Å²) in [4.78, 5) is 0. The van der Waals surface area contributed by atoms with Gasteiger partial charge in [-0.05, 0) is 41.5 Å². The molecule has 0 aromatic heterocycles. The quantitative estimate of drug-likeness (QED) is 0.724. The first-order valence-electron chi connectivity index (χ1n) is 6.22. The van der Waals surface area contributed by atoms with Crippen LogP contribution in [0.1, 0.15) is 16.7 Å². The van der Waals surface area contributed by atoms with Gasteiger partial charge in [0.1, 0.15) is 24.2 Å². The Hall–Kier alpha value is -1.70. The van der Waals surface area contributed by atoms with E-state index in [2.05, 4.69) is 22.0 Å². The second-order valence-electron chi connectivity index (χ2n) is 4.32. The van der Waals surface area contributed by atoms with Gasteiger partial charge in [-0.15, -0.1) is 11.6 Å². The molecule has 0 aliphatic rings. The van der Waals surface area contributed by atoms with Crippen LogP contribution in [0.15, 0.2) is 40.9 Å². The number of hydrogen-bond donors (Lipinski definition) is 0. The molecule has 0 amide bonds. The van der Waals surface area contributed by atoms with Gasteiger partial charge in [-0.25, -0.2) is 0 Å². The molecule has 0 bridgehead atoms. The predicted molar refractivity (Wildman–Crippen MR) is 85.7 cm³/mol. The van der Waals surface area contributed by atoms with Gasteiger partial charge in [-0.1, -0.05) is 22.0 Å². The van der Waals surface area contributed by atoms with E-state index in [4.69, 9.17) is 26.3 Å². The molecule has 0 unspecified atom stereocenters. The number of alkyl halides is 1. The number of halogens is 2. The molecule has 0 heterocycles. The number of benzene rings is 2. The van der Waals surface area contributed by atoms with Crippen molar-refractivity contribution in [3.05, 3.63) is 57.6 Å². The Labute approximate surface area is 137 Å². The van der Waals surface area contributed by atoms with Gasteiger partial charge in [0.2, 0.25) is 0 Å². The largest absolute Gasteiger partial charge is 0.495 e. The molecule has 0 spiro atoms. The van der Waals surface area contributed by atoms with Gasteiger partial charge in [-0.2, -0.15) is 5.26 Å². The fourth-order valence-electron chi connectivity index (χ4n) is 1.83. The summed E-state index contributed by atoms with van der Waals surface area (Å²) < 4.78 is 11.9. The van der Waals surface area contributed by atoms with Crippen LogP contribution >= 0.6 is 27.5 Å². The van der Waals surface area contributed by atoms with E-state index in [1.165, 1.54) is 0 Å². The second-order valence-corrected chi connectivity index (χ2v) is 5.44. The fraction of sp³-hybridized carbons (Fsp3) is 0.188. The van der Waals surface area contributed by atoms with Crippen LogP contribution in [0.4, 0.5) is 0 Å². The van der Waals surface area contributed by atoms with Gasteiger partial charge >= 0.3 is 0 Å². The number of hydrogen-bond acceptors (Lipinski definition) is 3. The van der Waals surface area contributed by atoms with E-state index in [-0.39, 0.29) is 0 Å². The maximum absolute atomic E-state index is 8.95. The summed E-state index contributed by atoms with van der Waals surface area (Å²) in [5, 5.41) is 8.95. The SMILES string of the molecule is COc1cc(COc2ccc(Br)c(CCl)c2)ccc1C#N. The molecule has 2 aromatic rings. The second kappa shape index (κ2) is 7.35. The molecule has 0 fully saturated rings. The summed E-state index contributed by atoms with van der Waals surface area (Å²) in [6.07, 6.45) is 0. The molecule has 0 N–H and O–H groups in total.